The highest BCUT2D eigenvalue weighted by molar-refractivity contribution is 5.98. The number of ketones is 1. The van der Waals surface area contributed by atoms with E-state index in [4.69, 9.17) is 0 Å². The zero-order valence-electron chi connectivity index (χ0n) is 12.7. The Morgan fingerprint density at radius 2 is 1.95 bits per heavy atom. The van der Waals surface area contributed by atoms with E-state index in [9.17, 15) is 9.59 Å². The highest BCUT2D eigenvalue weighted by atomic mass is 16.1. The van der Waals surface area contributed by atoms with Crippen molar-refractivity contribution in [1.82, 2.24) is 4.90 Å². The minimum absolute atomic E-state index is 0.0964. The predicted molar refractivity (Wildman–Crippen MR) is 82.6 cm³/mol. The van der Waals surface area contributed by atoms with Crippen LogP contribution in [0, 0.1) is 11.8 Å². The van der Waals surface area contributed by atoms with Gasteiger partial charge in [0.25, 0.3) is 0 Å². The molecule has 1 fully saturated rings. The molecule has 0 amide bonds. The zero-order valence-corrected chi connectivity index (χ0v) is 12.7. The van der Waals surface area contributed by atoms with E-state index >= 15 is 0 Å². The quantitative estimate of drug-likeness (QED) is 0.487. The molecular formula is C17H22N2O2. The van der Waals surface area contributed by atoms with Gasteiger partial charge in [0.1, 0.15) is 0 Å². The fraction of sp³-hybridized carbons (Fsp3) is 0.529. The van der Waals surface area contributed by atoms with Gasteiger partial charge in [-0.25, -0.2) is 4.79 Å². The van der Waals surface area contributed by atoms with Crippen LogP contribution in [0.2, 0.25) is 0 Å². The first-order valence-corrected chi connectivity index (χ1v) is 7.52. The van der Waals surface area contributed by atoms with Gasteiger partial charge in [-0.3, -0.25) is 4.79 Å². The first-order chi connectivity index (χ1) is 10.1. The van der Waals surface area contributed by atoms with E-state index in [-0.39, 0.29) is 11.7 Å². The van der Waals surface area contributed by atoms with Gasteiger partial charge in [0.15, 0.2) is 5.78 Å². The van der Waals surface area contributed by atoms with Crippen molar-refractivity contribution in [1.29, 1.82) is 0 Å². The molecule has 1 heterocycles. The Morgan fingerprint density at radius 1 is 1.24 bits per heavy atom. The van der Waals surface area contributed by atoms with Crippen LogP contribution in [0.5, 0.6) is 0 Å². The molecule has 0 saturated carbocycles. The van der Waals surface area contributed by atoms with Gasteiger partial charge < -0.3 is 4.90 Å². The number of nitrogens with zero attached hydrogens (tertiary/aromatic N) is 2. The van der Waals surface area contributed by atoms with Gasteiger partial charge in [-0.05, 0) is 69.6 Å². The summed E-state index contributed by atoms with van der Waals surface area (Å²) in [5, 5.41) is 0. The van der Waals surface area contributed by atoms with Gasteiger partial charge in [-0.15, -0.1) is 0 Å². The fourth-order valence-electron chi connectivity index (χ4n) is 2.96. The lowest BCUT2D eigenvalue weighted by Gasteiger charge is -2.29. The molecule has 1 aromatic rings. The summed E-state index contributed by atoms with van der Waals surface area (Å²) in [7, 11) is 2.14. The number of benzene rings is 1. The monoisotopic (exact) mass is 286 g/mol. The van der Waals surface area contributed by atoms with Crippen LogP contribution < -0.4 is 0 Å². The maximum atomic E-state index is 12.7. The molecule has 4 heteroatoms. The molecule has 0 radical (unpaired) electrons. The minimum Gasteiger partial charge on any atom is -0.306 e. The number of aliphatic imine (C=N–C) groups is 1. The molecule has 0 spiro atoms. The van der Waals surface area contributed by atoms with E-state index in [1.807, 2.05) is 0 Å². The van der Waals surface area contributed by atoms with Crippen molar-refractivity contribution in [3.63, 3.8) is 0 Å². The topological polar surface area (TPSA) is 49.7 Å². The summed E-state index contributed by atoms with van der Waals surface area (Å²) in [6.07, 6.45) is 4.57. The zero-order chi connectivity index (χ0) is 15.2. The van der Waals surface area contributed by atoms with Crippen LogP contribution in [0.3, 0.4) is 0 Å². The molecule has 1 aromatic carbocycles. The molecule has 0 aliphatic carbocycles. The standard InChI is InChI=1S/C17H22N2O2/c1-13-9-11-19(2)10-3-4-16(13)17(21)14-5-7-15(8-6-14)18-12-20/h5-8,13,16H,3-4,9-11H2,1-2H3. The molecule has 4 nitrogen and oxygen atoms in total. The van der Waals surface area contributed by atoms with Gasteiger partial charge in [-0.2, -0.15) is 4.99 Å². The second-order valence-corrected chi connectivity index (χ2v) is 5.93. The lowest BCUT2D eigenvalue weighted by Crippen LogP contribution is -2.31. The Balaban J connectivity index is 2.11. The van der Waals surface area contributed by atoms with Gasteiger partial charge in [0.2, 0.25) is 6.08 Å². The van der Waals surface area contributed by atoms with Crippen molar-refractivity contribution < 1.29 is 9.59 Å². The molecule has 0 bridgehead atoms. The maximum Gasteiger partial charge on any atom is 0.240 e. The lowest BCUT2D eigenvalue weighted by atomic mass is 9.81. The van der Waals surface area contributed by atoms with E-state index in [2.05, 4.69) is 23.9 Å². The first kappa shape index (κ1) is 15.6. The van der Waals surface area contributed by atoms with Crippen LogP contribution in [0.25, 0.3) is 0 Å². The predicted octanol–water partition coefficient (Wildman–Crippen LogP) is 3.20. The highest BCUT2D eigenvalue weighted by Gasteiger charge is 2.27. The van der Waals surface area contributed by atoms with Crippen LogP contribution >= 0.6 is 0 Å². The minimum atomic E-state index is 0.0964. The number of hydrogen-bond acceptors (Lipinski definition) is 4. The van der Waals surface area contributed by atoms with Crippen molar-refractivity contribution in [3.8, 4) is 0 Å². The van der Waals surface area contributed by atoms with E-state index in [1.165, 1.54) is 6.08 Å². The number of Topliss-reactive ketones (excluding diaryl/α,β-unsaturated/α-hetero) is 1. The van der Waals surface area contributed by atoms with E-state index in [1.54, 1.807) is 24.3 Å². The molecule has 1 aliphatic heterocycles. The Hall–Kier alpha value is -1.77. The molecule has 2 rings (SSSR count). The second kappa shape index (κ2) is 7.30. The average molecular weight is 286 g/mol. The molecule has 2 atom stereocenters. The number of likely N-dealkylation sites (tertiary alicyclic amines) is 1. The summed E-state index contributed by atoms with van der Waals surface area (Å²) >= 11 is 0. The lowest BCUT2D eigenvalue weighted by molar-refractivity contribution is 0.0838. The summed E-state index contributed by atoms with van der Waals surface area (Å²) < 4.78 is 0. The highest BCUT2D eigenvalue weighted by Crippen LogP contribution is 2.27. The summed E-state index contributed by atoms with van der Waals surface area (Å²) in [6, 6.07) is 6.91. The normalized spacial score (nSPS) is 23.7. The van der Waals surface area contributed by atoms with Gasteiger partial charge in [0.05, 0.1) is 5.69 Å². The van der Waals surface area contributed by atoms with Gasteiger partial charge in [-0.1, -0.05) is 6.92 Å². The van der Waals surface area contributed by atoms with Crippen molar-refractivity contribution in [2.24, 2.45) is 16.8 Å². The van der Waals surface area contributed by atoms with E-state index < -0.39 is 0 Å². The van der Waals surface area contributed by atoms with Crippen molar-refractivity contribution in [2.45, 2.75) is 26.2 Å². The Bertz CT molecular complexity index is 532. The molecule has 2 unspecified atom stereocenters. The molecule has 1 aliphatic rings. The molecule has 0 aromatic heterocycles. The second-order valence-electron chi connectivity index (χ2n) is 5.93. The summed E-state index contributed by atoms with van der Waals surface area (Å²) in [5.74, 6) is 0.709. The van der Waals surface area contributed by atoms with Crippen LogP contribution in [0.1, 0.15) is 36.5 Å². The van der Waals surface area contributed by atoms with Crippen LogP contribution in [0.15, 0.2) is 29.3 Å². The maximum absolute atomic E-state index is 12.7. The van der Waals surface area contributed by atoms with E-state index in [0.717, 1.165) is 32.4 Å². The van der Waals surface area contributed by atoms with Crippen molar-refractivity contribution in [3.05, 3.63) is 29.8 Å². The number of carbonyl (C=O) groups excluding carboxylic acids is 2. The fourth-order valence-corrected chi connectivity index (χ4v) is 2.96. The average Bonchev–Trinajstić information content (AvgIpc) is 2.48. The number of hydrogen-bond donors (Lipinski definition) is 0. The summed E-state index contributed by atoms with van der Waals surface area (Å²) in [6.45, 7) is 4.29. The van der Waals surface area contributed by atoms with Crippen LogP contribution in [-0.2, 0) is 4.79 Å². The van der Waals surface area contributed by atoms with Crippen LogP contribution in [-0.4, -0.2) is 36.9 Å². The molecule has 21 heavy (non-hydrogen) atoms. The Labute approximate surface area is 125 Å². The van der Waals surface area contributed by atoms with Gasteiger partial charge in [0, 0.05) is 11.5 Å². The number of carbonyl (C=O) groups is 1. The Kier molecular flexibility index (Phi) is 5.43. The third kappa shape index (κ3) is 4.10. The first-order valence-electron chi connectivity index (χ1n) is 7.52. The van der Waals surface area contributed by atoms with Crippen LogP contribution in [0.4, 0.5) is 5.69 Å². The number of isocyanates is 1. The summed E-state index contributed by atoms with van der Waals surface area (Å²) in [4.78, 5) is 28.8. The summed E-state index contributed by atoms with van der Waals surface area (Å²) in [5.41, 5.74) is 1.25. The molecular weight excluding hydrogens is 264 g/mol. The van der Waals surface area contributed by atoms with E-state index in [0.29, 0.717) is 17.2 Å². The largest absolute Gasteiger partial charge is 0.306 e. The molecule has 0 N–H and O–H groups in total. The smallest absolute Gasteiger partial charge is 0.240 e. The molecule has 1 saturated heterocycles. The van der Waals surface area contributed by atoms with Gasteiger partial charge >= 0.3 is 0 Å². The number of rotatable bonds is 3. The third-order valence-corrected chi connectivity index (χ3v) is 4.37. The SMILES string of the molecule is CC1CCN(C)CCCC1C(=O)c1ccc(N=C=O)cc1. The third-order valence-electron chi connectivity index (χ3n) is 4.37. The Morgan fingerprint density at radius 3 is 2.62 bits per heavy atom. The van der Waals surface area contributed by atoms with Crippen molar-refractivity contribution >= 4 is 17.6 Å². The van der Waals surface area contributed by atoms with Crippen molar-refractivity contribution in [2.75, 3.05) is 20.1 Å². The molecule has 112 valence electrons.